The van der Waals surface area contributed by atoms with Crippen molar-refractivity contribution in [1.82, 2.24) is 0 Å². The van der Waals surface area contributed by atoms with Crippen molar-refractivity contribution in [2.75, 3.05) is 0 Å². The summed E-state index contributed by atoms with van der Waals surface area (Å²) in [6, 6.07) is 0. The predicted molar refractivity (Wildman–Crippen MR) is 137 cm³/mol. The Hall–Kier alpha value is -3.99. The molecule has 1 aliphatic heterocycles. The molecule has 0 spiro atoms. The molecule has 0 saturated carbocycles. The number of ketones is 1. The smallest absolute Gasteiger partial charge is 0.373 e. The molecule has 0 aromatic carbocycles. The summed E-state index contributed by atoms with van der Waals surface area (Å²) in [5, 5.41) is 21.8. The summed E-state index contributed by atoms with van der Waals surface area (Å²) in [4.78, 5) is 79.3. The van der Waals surface area contributed by atoms with Crippen molar-refractivity contribution < 1.29 is 68.7 Å². The van der Waals surface area contributed by atoms with Gasteiger partial charge in [-0.2, -0.15) is 19.2 Å². The van der Waals surface area contributed by atoms with Crippen LogP contribution in [0.3, 0.4) is 0 Å². The molecule has 1 saturated heterocycles. The lowest BCUT2D eigenvalue weighted by molar-refractivity contribution is -0.193. The van der Waals surface area contributed by atoms with E-state index in [1.54, 1.807) is 0 Å². The van der Waals surface area contributed by atoms with Crippen molar-refractivity contribution in [2.24, 2.45) is 0 Å². The molecule has 1 rings (SSSR count). The number of allylic oxidation sites excluding steroid dienone is 1. The summed E-state index contributed by atoms with van der Waals surface area (Å²) >= 11 is 0. The van der Waals surface area contributed by atoms with Gasteiger partial charge in [0.25, 0.3) is 12.9 Å². The van der Waals surface area contributed by atoms with Crippen molar-refractivity contribution >= 4 is 43.0 Å². The highest BCUT2D eigenvalue weighted by molar-refractivity contribution is 5.80. The fourth-order valence-electron chi connectivity index (χ4n) is 0.946. The molecule has 0 radical (unpaired) electrons. The summed E-state index contributed by atoms with van der Waals surface area (Å²) in [7, 11) is 0. The van der Waals surface area contributed by atoms with Gasteiger partial charge in [0.2, 0.25) is 0 Å². The van der Waals surface area contributed by atoms with Gasteiger partial charge in [0.15, 0.2) is 0 Å². The van der Waals surface area contributed by atoms with E-state index >= 15 is 0 Å². The van der Waals surface area contributed by atoms with Crippen molar-refractivity contribution in [3.8, 4) is 0 Å². The topological polar surface area (TPSA) is 255 Å². The Morgan fingerprint density at radius 3 is 1.30 bits per heavy atom. The number of aliphatic carboxylic acids is 1. The second-order valence-electron chi connectivity index (χ2n) is 4.51. The maximum atomic E-state index is 10.2. The van der Waals surface area contributed by atoms with E-state index in [1.165, 1.54) is 6.92 Å². The normalized spacial score (nSPS) is 9.38. The number of carbonyl (C=O) groups is 5. The van der Waals surface area contributed by atoms with E-state index in [0.717, 1.165) is 12.8 Å². The van der Waals surface area contributed by atoms with Gasteiger partial charge in [-0.15, -0.1) is 6.58 Å². The minimum atomic E-state index is -0.916. The summed E-state index contributed by atoms with van der Waals surface area (Å²) in [5.41, 5.74) is 0. The van der Waals surface area contributed by atoms with Gasteiger partial charge in [0.1, 0.15) is 5.78 Å². The van der Waals surface area contributed by atoms with E-state index in [1.807, 2.05) is 13.0 Å². The summed E-state index contributed by atoms with van der Waals surface area (Å²) in [6.45, 7) is 8.33. The van der Waals surface area contributed by atoms with Gasteiger partial charge >= 0.3 is 24.2 Å². The third-order valence-electron chi connectivity index (χ3n) is 2.07. The number of carboxylic acid groups (broad SMARTS) is 3. The molecule has 1 fully saturated rings. The predicted octanol–water partition coefficient (Wildman–Crippen LogP) is 3.32. The fraction of sp³-hybridized carbons (Fsp3) is 0.609. The molecule has 1 atom stereocenters. The van der Waals surface area contributed by atoms with Gasteiger partial charge in [-0.25, -0.2) is 0 Å². The molecule has 5 N–H and O–H groups in total. The Kier molecular flexibility index (Phi) is 176. The van der Waals surface area contributed by atoms with Gasteiger partial charge < -0.3 is 30.3 Å². The number of rotatable bonds is 4. The van der Waals surface area contributed by atoms with E-state index in [2.05, 4.69) is 13.5 Å². The molecule has 0 bridgehead atoms. The first-order valence-corrected chi connectivity index (χ1v) is 8.15. The lowest BCUT2D eigenvalue weighted by Gasteiger charge is -1.95. The SMILES string of the molecule is C.C.C.C.C.C=CCC.CC(=O)CCC(=O)O.CC1CCC(=O)O1.O.O=C=O.O=C=O.O=CO.O=CO. The second-order valence-corrected chi connectivity index (χ2v) is 4.51. The molecule has 1 aliphatic rings. The van der Waals surface area contributed by atoms with E-state index in [-0.39, 0.29) is 98.6 Å². The van der Waals surface area contributed by atoms with Gasteiger partial charge in [0.05, 0.1) is 12.5 Å². The lowest BCUT2D eigenvalue weighted by Crippen LogP contribution is -1.98. The maximum absolute atomic E-state index is 10.2. The van der Waals surface area contributed by atoms with Crippen LogP contribution in [0.2, 0.25) is 0 Å². The summed E-state index contributed by atoms with van der Waals surface area (Å²) in [5.74, 6) is -1.04. The van der Waals surface area contributed by atoms with Crippen molar-refractivity contribution in [3.63, 3.8) is 0 Å². The number of Topliss-reactive ketones (excluding diaryl/α,β-unsaturated/α-hetero) is 1. The summed E-state index contributed by atoms with van der Waals surface area (Å²) < 4.78 is 4.72. The number of ether oxygens (including phenoxy) is 1. The zero-order chi connectivity index (χ0) is 26.1. The largest absolute Gasteiger partial charge is 0.483 e. The van der Waals surface area contributed by atoms with Crippen LogP contribution in [0.4, 0.5) is 0 Å². The number of cyclic esters (lactones) is 1. The van der Waals surface area contributed by atoms with Crippen molar-refractivity contribution in [3.05, 3.63) is 12.7 Å². The zero-order valence-corrected chi connectivity index (χ0v) is 18.0. The Morgan fingerprint density at radius 1 is 0.973 bits per heavy atom. The van der Waals surface area contributed by atoms with Crippen LogP contribution >= 0.6 is 0 Å². The van der Waals surface area contributed by atoms with Gasteiger partial charge in [-0.05, 0) is 26.7 Å². The number of carboxylic acids is 1. The molecular formula is C23H50O14. The molecule has 0 aromatic heterocycles. The molecule has 37 heavy (non-hydrogen) atoms. The fourth-order valence-corrected chi connectivity index (χ4v) is 0.946. The summed E-state index contributed by atoms with van der Waals surface area (Å²) in [6.07, 6.45) is 5.25. The van der Waals surface area contributed by atoms with Crippen LogP contribution in [0, 0.1) is 0 Å². The first-order valence-electron chi connectivity index (χ1n) is 8.15. The van der Waals surface area contributed by atoms with Gasteiger partial charge in [-0.3, -0.25) is 19.2 Å². The van der Waals surface area contributed by atoms with E-state index in [9.17, 15) is 14.4 Å². The average molecular weight is 551 g/mol. The highest BCUT2D eigenvalue weighted by atomic mass is 16.5. The third-order valence-corrected chi connectivity index (χ3v) is 2.07. The molecule has 0 aromatic rings. The Labute approximate surface area is 221 Å². The lowest BCUT2D eigenvalue weighted by atomic mass is 10.2. The number of hydrogen-bond donors (Lipinski definition) is 3. The number of carbonyl (C=O) groups excluding carboxylic acids is 6. The van der Waals surface area contributed by atoms with Crippen LogP contribution in [0.5, 0.6) is 0 Å². The molecule has 14 heteroatoms. The molecule has 1 heterocycles. The minimum Gasteiger partial charge on any atom is -0.483 e. The van der Waals surface area contributed by atoms with E-state index in [4.69, 9.17) is 48.8 Å². The standard InChI is InChI=1S/C5H8O3.C5H8O2.C4H8.2CH2O2.2CO2.5CH4.H2O/c1-4(6)2-3-5(7)8;1-4-2-3-5(6)7-4;1-3-4-2;4*2-1-3;;;;;;/h2-3H2,1H3,(H,7,8);4H,2-3H2,1H3;3H,1,4H2,2H3;2*1H,(H,2,3);;;5*1H4;1H2. The maximum Gasteiger partial charge on any atom is 0.373 e. The van der Waals surface area contributed by atoms with E-state index < -0.39 is 5.97 Å². The van der Waals surface area contributed by atoms with Gasteiger partial charge in [-0.1, -0.05) is 50.1 Å². The van der Waals surface area contributed by atoms with Crippen LogP contribution in [0.15, 0.2) is 12.7 Å². The van der Waals surface area contributed by atoms with Gasteiger partial charge in [0, 0.05) is 12.8 Å². The quantitative estimate of drug-likeness (QED) is 0.258. The highest BCUT2D eigenvalue weighted by Gasteiger charge is 2.17. The van der Waals surface area contributed by atoms with Crippen molar-refractivity contribution in [1.29, 1.82) is 0 Å². The Balaban J connectivity index is -0.0000000200. The average Bonchev–Trinajstić information content (AvgIpc) is 3.06. The Morgan fingerprint density at radius 2 is 1.24 bits per heavy atom. The molecular weight excluding hydrogens is 500 g/mol. The molecule has 1 unspecified atom stereocenters. The third kappa shape index (κ3) is 238. The van der Waals surface area contributed by atoms with Crippen LogP contribution < -0.4 is 0 Å². The number of hydrogen-bond acceptors (Lipinski definition) is 10. The molecule has 0 amide bonds. The Bertz CT molecular complexity index is 502. The minimum absolute atomic E-state index is 0. The van der Waals surface area contributed by atoms with Crippen LogP contribution in [-0.2, 0) is 47.9 Å². The monoisotopic (exact) mass is 550 g/mol. The highest BCUT2D eigenvalue weighted by Crippen LogP contribution is 2.11. The second kappa shape index (κ2) is 85.2. The zero-order valence-electron chi connectivity index (χ0n) is 18.0. The first-order chi connectivity index (χ1) is 14.5. The first kappa shape index (κ1) is 76.6. The van der Waals surface area contributed by atoms with Crippen LogP contribution in [0.25, 0.3) is 0 Å². The number of esters is 1. The molecule has 14 nitrogen and oxygen atoms in total. The van der Waals surface area contributed by atoms with Crippen LogP contribution in [0.1, 0.15) is 90.0 Å². The van der Waals surface area contributed by atoms with Crippen LogP contribution in [-0.4, -0.2) is 69.9 Å². The molecule has 226 valence electrons. The van der Waals surface area contributed by atoms with E-state index in [0.29, 0.717) is 6.42 Å². The molecule has 0 aliphatic carbocycles. The van der Waals surface area contributed by atoms with Crippen molar-refractivity contribution in [2.45, 2.75) is 96.1 Å².